The summed E-state index contributed by atoms with van der Waals surface area (Å²) in [7, 11) is 0. The molecule has 0 atom stereocenters. The van der Waals surface area contributed by atoms with Gasteiger partial charge in [0.15, 0.2) is 0 Å². The zero-order valence-electron chi connectivity index (χ0n) is 6.46. The maximum absolute atomic E-state index is 8.81. The lowest BCUT2D eigenvalue weighted by Gasteiger charge is -1.88. The van der Waals surface area contributed by atoms with Gasteiger partial charge in [-0.2, -0.15) is 0 Å². The van der Waals surface area contributed by atoms with Gasteiger partial charge in [-0.15, -0.1) is 11.6 Å². The van der Waals surface area contributed by atoms with Gasteiger partial charge in [0.1, 0.15) is 6.29 Å². The van der Waals surface area contributed by atoms with Crippen LogP contribution < -0.4 is 0 Å². The molecule has 0 heterocycles. The first-order chi connectivity index (χ1) is 5.35. The summed E-state index contributed by atoms with van der Waals surface area (Å²) in [5, 5.41) is 0. The van der Waals surface area contributed by atoms with Crippen molar-refractivity contribution < 1.29 is 4.79 Å². The molecule has 0 saturated heterocycles. The molecule has 0 aromatic heterocycles. The van der Waals surface area contributed by atoms with Crippen LogP contribution in [0.1, 0.15) is 12.5 Å². The normalized spacial score (nSPS) is 7.82. The van der Waals surface area contributed by atoms with E-state index in [-0.39, 0.29) is 0 Å². The zero-order chi connectivity index (χ0) is 8.53. The van der Waals surface area contributed by atoms with E-state index in [4.69, 9.17) is 16.4 Å². The van der Waals surface area contributed by atoms with Crippen molar-refractivity contribution in [3.63, 3.8) is 0 Å². The van der Waals surface area contributed by atoms with Gasteiger partial charge in [0.2, 0.25) is 0 Å². The van der Waals surface area contributed by atoms with Crippen molar-refractivity contribution in [2.45, 2.75) is 12.8 Å². The lowest BCUT2D eigenvalue weighted by Crippen LogP contribution is -1.71. The molecule has 0 saturated carbocycles. The topological polar surface area (TPSA) is 17.1 Å². The first-order valence-electron chi connectivity index (χ1n) is 3.34. The smallest absolute Gasteiger partial charge is 0.116 e. The molecule has 0 bridgehead atoms. The first-order valence-corrected chi connectivity index (χ1v) is 3.88. The average molecular weight is 171 g/mol. The van der Waals surface area contributed by atoms with Gasteiger partial charge >= 0.3 is 0 Å². The second-order valence-electron chi connectivity index (χ2n) is 1.85. The number of carbonyl (C=O) groups is 1. The van der Waals surface area contributed by atoms with Crippen LogP contribution in [0.25, 0.3) is 0 Å². The number of rotatable bonds is 1. The van der Waals surface area contributed by atoms with Gasteiger partial charge in [-0.1, -0.05) is 30.3 Å². The maximum Gasteiger partial charge on any atom is 0.116 e. The minimum atomic E-state index is 0.612. The standard InChI is InChI=1S/C7H7Cl.C2H4O/c8-6-7-4-2-1-3-5-7;1-2-3/h1-5H,6H2;2H,1H3. The van der Waals surface area contributed by atoms with Gasteiger partial charge in [-0.25, -0.2) is 0 Å². The fourth-order valence-corrected chi connectivity index (χ4v) is 0.745. The minimum Gasteiger partial charge on any atom is -0.304 e. The summed E-state index contributed by atoms with van der Waals surface area (Å²) < 4.78 is 0. The highest BCUT2D eigenvalue weighted by Gasteiger charge is 1.81. The molecule has 0 aliphatic carbocycles. The Morgan fingerprint density at radius 1 is 1.36 bits per heavy atom. The van der Waals surface area contributed by atoms with E-state index < -0.39 is 0 Å². The lowest BCUT2D eigenvalue weighted by atomic mass is 10.2. The molecule has 1 aromatic carbocycles. The van der Waals surface area contributed by atoms with E-state index in [1.165, 1.54) is 12.5 Å². The monoisotopic (exact) mass is 170 g/mol. The summed E-state index contributed by atoms with van der Waals surface area (Å²) in [6, 6.07) is 9.96. The Kier molecular flexibility index (Phi) is 6.75. The molecule has 0 aliphatic rings. The van der Waals surface area contributed by atoms with Crippen LogP contribution in [0.3, 0.4) is 0 Å². The van der Waals surface area contributed by atoms with Crippen LogP contribution in [-0.2, 0) is 10.7 Å². The first kappa shape index (κ1) is 10.2. The highest BCUT2D eigenvalue weighted by atomic mass is 35.5. The average Bonchev–Trinajstić information content (AvgIpc) is 2.08. The predicted octanol–water partition coefficient (Wildman–Crippen LogP) is 2.63. The maximum atomic E-state index is 8.81. The third-order valence-electron chi connectivity index (χ3n) is 0.997. The molecule has 11 heavy (non-hydrogen) atoms. The van der Waals surface area contributed by atoms with E-state index in [2.05, 4.69) is 0 Å². The van der Waals surface area contributed by atoms with Gasteiger partial charge in [-0.3, -0.25) is 0 Å². The molecule has 1 aromatic rings. The van der Waals surface area contributed by atoms with Gasteiger partial charge in [-0.05, 0) is 12.5 Å². The molecular formula is C9H11ClO. The predicted molar refractivity (Wildman–Crippen MR) is 47.7 cm³/mol. The second kappa shape index (κ2) is 7.29. The number of alkyl halides is 1. The summed E-state index contributed by atoms with van der Waals surface area (Å²) in [5.74, 6) is 0.612. The Morgan fingerprint density at radius 2 is 1.82 bits per heavy atom. The van der Waals surface area contributed by atoms with Crippen molar-refractivity contribution in [2.75, 3.05) is 0 Å². The molecule has 0 N–H and O–H groups in total. The van der Waals surface area contributed by atoms with Gasteiger partial charge < -0.3 is 4.79 Å². The summed E-state index contributed by atoms with van der Waals surface area (Å²) in [6.07, 6.45) is 0.750. The third-order valence-corrected chi connectivity index (χ3v) is 1.31. The number of carbonyl (C=O) groups excluding carboxylic acids is 1. The summed E-state index contributed by atoms with van der Waals surface area (Å²) in [4.78, 5) is 8.81. The van der Waals surface area contributed by atoms with E-state index in [9.17, 15) is 0 Å². The summed E-state index contributed by atoms with van der Waals surface area (Å²) >= 11 is 5.53. The number of halogens is 1. The van der Waals surface area contributed by atoms with Gasteiger partial charge in [0.25, 0.3) is 0 Å². The fourth-order valence-electron chi connectivity index (χ4n) is 0.567. The van der Waals surface area contributed by atoms with E-state index in [0.717, 1.165) is 6.29 Å². The quantitative estimate of drug-likeness (QED) is 0.468. The van der Waals surface area contributed by atoms with E-state index in [0.29, 0.717) is 5.88 Å². The number of hydrogen-bond donors (Lipinski definition) is 0. The van der Waals surface area contributed by atoms with E-state index >= 15 is 0 Å². The van der Waals surface area contributed by atoms with Crippen molar-refractivity contribution in [3.05, 3.63) is 35.9 Å². The van der Waals surface area contributed by atoms with Crippen molar-refractivity contribution in [1.29, 1.82) is 0 Å². The Morgan fingerprint density at radius 3 is 2.09 bits per heavy atom. The highest BCUT2D eigenvalue weighted by molar-refractivity contribution is 6.17. The highest BCUT2D eigenvalue weighted by Crippen LogP contribution is 2.00. The third kappa shape index (κ3) is 5.62. The molecule has 0 radical (unpaired) electrons. The van der Waals surface area contributed by atoms with Crippen LogP contribution in [0.5, 0.6) is 0 Å². The molecule has 60 valence electrons. The SMILES string of the molecule is CC=O.ClCc1ccccc1. The van der Waals surface area contributed by atoms with Crippen LogP contribution in [-0.4, -0.2) is 6.29 Å². The van der Waals surface area contributed by atoms with Crippen LogP contribution >= 0.6 is 11.6 Å². The summed E-state index contributed by atoms with van der Waals surface area (Å²) in [5.41, 5.74) is 1.18. The Hall–Kier alpha value is -0.820. The van der Waals surface area contributed by atoms with E-state index in [1.54, 1.807) is 0 Å². The van der Waals surface area contributed by atoms with Crippen LogP contribution in [0, 0.1) is 0 Å². The Balaban J connectivity index is 0.000000292. The second-order valence-corrected chi connectivity index (χ2v) is 2.12. The zero-order valence-corrected chi connectivity index (χ0v) is 7.21. The summed E-state index contributed by atoms with van der Waals surface area (Å²) in [6.45, 7) is 1.44. The van der Waals surface area contributed by atoms with Crippen molar-refractivity contribution in [2.24, 2.45) is 0 Å². The Labute approximate surface area is 72.0 Å². The van der Waals surface area contributed by atoms with Crippen LogP contribution in [0.2, 0.25) is 0 Å². The van der Waals surface area contributed by atoms with Crippen molar-refractivity contribution >= 4 is 17.9 Å². The fraction of sp³-hybridized carbons (Fsp3) is 0.222. The largest absolute Gasteiger partial charge is 0.304 e. The lowest BCUT2D eigenvalue weighted by molar-refractivity contribution is -0.106. The van der Waals surface area contributed by atoms with Crippen LogP contribution in [0.4, 0.5) is 0 Å². The molecule has 0 fully saturated rings. The Bertz CT molecular complexity index is 184. The van der Waals surface area contributed by atoms with Crippen molar-refractivity contribution in [3.8, 4) is 0 Å². The van der Waals surface area contributed by atoms with Gasteiger partial charge in [0, 0.05) is 5.88 Å². The molecule has 0 amide bonds. The number of hydrogen-bond acceptors (Lipinski definition) is 1. The molecule has 2 heteroatoms. The molecule has 1 nitrogen and oxygen atoms in total. The van der Waals surface area contributed by atoms with Crippen molar-refractivity contribution in [1.82, 2.24) is 0 Å². The molecular weight excluding hydrogens is 160 g/mol. The van der Waals surface area contributed by atoms with Gasteiger partial charge in [0.05, 0.1) is 0 Å². The molecule has 0 aliphatic heterocycles. The van der Waals surface area contributed by atoms with E-state index in [1.807, 2.05) is 30.3 Å². The molecule has 0 unspecified atom stereocenters. The minimum absolute atomic E-state index is 0.612. The molecule has 1 rings (SSSR count). The number of benzene rings is 1. The molecule has 0 spiro atoms. The van der Waals surface area contributed by atoms with Crippen LogP contribution in [0.15, 0.2) is 30.3 Å². The number of aldehydes is 1.